The summed E-state index contributed by atoms with van der Waals surface area (Å²) in [7, 11) is 0. The molecule has 0 saturated heterocycles. The van der Waals surface area contributed by atoms with Gasteiger partial charge < -0.3 is 15.2 Å². The lowest BCUT2D eigenvalue weighted by molar-refractivity contribution is 0.0988. The highest BCUT2D eigenvalue weighted by Crippen LogP contribution is 2.41. The zero-order valence-corrected chi connectivity index (χ0v) is 15.6. The number of anilines is 1. The van der Waals surface area contributed by atoms with Crippen LogP contribution in [-0.4, -0.2) is 23.7 Å². The van der Waals surface area contributed by atoms with Crippen LogP contribution in [0.5, 0.6) is 0 Å². The molecule has 0 aliphatic heterocycles. The van der Waals surface area contributed by atoms with Crippen LogP contribution in [0.2, 0.25) is 0 Å². The monoisotopic (exact) mass is 373 g/mol. The molecule has 5 heteroatoms. The summed E-state index contributed by atoms with van der Waals surface area (Å²) in [6.45, 7) is 1.16. The standard InChI is InChI=1S/C23H23N3O2/c27-23(22-13-20(26-28-22)17-4-2-1-3-5-17)25-18-10-8-16(9-11-18)19-12-21(19)24-14-15-6-7-15/h1-5,8-11,13,15,19,21,24H,6-7,12,14H2,(H,25,27). The van der Waals surface area contributed by atoms with Crippen molar-refractivity contribution in [3.05, 3.63) is 72.0 Å². The number of hydrogen-bond acceptors (Lipinski definition) is 4. The average Bonchev–Trinajstić information content (AvgIpc) is 3.65. The number of nitrogens with zero attached hydrogens (tertiary/aromatic N) is 1. The van der Waals surface area contributed by atoms with E-state index < -0.39 is 0 Å². The number of nitrogens with one attached hydrogen (secondary N) is 2. The van der Waals surface area contributed by atoms with Gasteiger partial charge >= 0.3 is 0 Å². The van der Waals surface area contributed by atoms with Crippen molar-refractivity contribution in [3.8, 4) is 11.3 Å². The number of aromatic nitrogens is 1. The normalized spacial score (nSPS) is 20.7. The molecule has 2 atom stereocenters. The van der Waals surface area contributed by atoms with E-state index in [-0.39, 0.29) is 11.7 Å². The quantitative estimate of drug-likeness (QED) is 0.642. The average molecular weight is 373 g/mol. The number of hydrogen-bond donors (Lipinski definition) is 2. The number of carbonyl (C=O) groups excluding carboxylic acids is 1. The third-order valence-corrected chi connectivity index (χ3v) is 5.56. The Morgan fingerprint density at radius 2 is 1.86 bits per heavy atom. The van der Waals surface area contributed by atoms with E-state index in [1.807, 2.05) is 42.5 Å². The minimum absolute atomic E-state index is 0.203. The molecule has 2 aromatic carbocycles. The van der Waals surface area contributed by atoms with E-state index in [0.717, 1.165) is 23.7 Å². The second-order valence-electron chi connectivity index (χ2n) is 7.82. The molecule has 2 aliphatic carbocycles. The highest BCUT2D eigenvalue weighted by atomic mass is 16.5. The number of amides is 1. The minimum Gasteiger partial charge on any atom is -0.350 e. The Morgan fingerprint density at radius 1 is 1.07 bits per heavy atom. The lowest BCUT2D eigenvalue weighted by Crippen LogP contribution is -2.20. The zero-order chi connectivity index (χ0) is 18.9. The zero-order valence-electron chi connectivity index (χ0n) is 15.6. The Morgan fingerprint density at radius 3 is 2.61 bits per heavy atom. The molecule has 2 aliphatic rings. The summed E-state index contributed by atoms with van der Waals surface area (Å²) in [5.41, 5.74) is 3.66. The summed E-state index contributed by atoms with van der Waals surface area (Å²) >= 11 is 0. The van der Waals surface area contributed by atoms with Gasteiger partial charge in [0, 0.05) is 29.3 Å². The maximum absolute atomic E-state index is 12.4. The summed E-state index contributed by atoms with van der Waals surface area (Å²) in [5.74, 6) is 1.43. The van der Waals surface area contributed by atoms with Crippen LogP contribution in [0.4, 0.5) is 5.69 Å². The van der Waals surface area contributed by atoms with Gasteiger partial charge in [0.2, 0.25) is 5.76 Å². The molecule has 1 heterocycles. The van der Waals surface area contributed by atoms with Gasteiger partial charge in [0.25, 0.3) is 5.91 Å². The molecule has 0 radical (unpaired) electrons. The SMILES string of the molecule is O=C(Nc1ccc(C2CC2NCC2CC2)cc1)c1cc(-c2ccccc2)no1. The van der Waals surface area contributed by atoms with Crippen molar-refractivity contribution in [2.75, 3.05) is 11.9 Å². The molecular weight excluding hydrogens is 350 g/mol. The first-order chi connectivity index (χ1) is 13.8. The molecule has 2 N–H and O–H groups in total. The summed E-state index contributed by atoms with van der Waals surface area (Å²) in [6, 6.07) is 20.1. The van der Waals surface area contributed by atoms with Crippen LogP contribution in [-0.2, 0) is 0 Å². The Bertz CT molecular complexity index is 961. The van der Waals surface area contributed by atoms with Gasteiger partial charge in [-0.2, -0.15) is 0 Å². The van der Waals surface area contributed by atoms with Crippen LogP contribution in [0, 0.1) is 5.92 Å². The maximum Gasteiger partial charge on any atom is 0.294 e. The van der Waals surface area contributed by atoms with Crippen molar-refractivity contribution in [1.29, 1.82) is 0 Å². The summed E-state index contributed by atoms with van der Waals surface area (Å²) in [6.07, 6.45) is 3.98. The number of rotatable bonds is 7. The predicted molar refractivity (Wildman–Crippen MR) is 108 cm³/mol. The fourth-order valence-corrected chi connectivity index (χ4v) is 3.56. The van der Waals surface area contributed by atoms with Crippen LogP contribution >= 0.6 is 0 Å². The third kappa shape index (κ3) is 3.85. The van der Waals surface area contributed by atoms with E-state index in [0.29, 0.717) is 17.7 Å². The lowest BCUT2D eigenvalue weighted by atomic mass is 10.1. The van der Waals surface area contributed by atoms with Gasteiger partial charge in [-0.3, -0.25) is 4.79 Å². The van der Waals surface area contributed by atoms with Crippen molar-refractivity contribution < 1.29 is 9.32 Å². The van der Waals surface area contributed by atoms with E-state index in [1.165, 1.54) is 24.8 Å². The van der Waals surface area contributed by atoms with Gasteiger partial charge in [-0.15, -0.1) is 0 Å². The fraction of sp³-hybridized carbons (Fsp3) is 0.304. The first-order valence-corrected chi connectivity index (χ1v) is 9.93. The van der Waals surface area contributed by atoms with Crippen molar-refractivity contribution >= 4 is 11.6 Å². The molecule has 2 saturated carbocycles. The van der Waals surface area contributed by atoms with Gasteiger partial charge in [0.05, 0.1) is 0 Å². The number of benzene rings is 2. The van der Waals surface area contributed by atoms with Crippen LogP contribution in [0.3, 0.4) is 0 Å². The smallest absolute Gasteiger partial charge is 0.294 e. The van der Waals surface area contributed by atoms with E-state index >= 15 is 0 Å². The molecule has 1 amide bonds. The summed E-state index contributed by atoms with van der Waals surface area (Å²) in [4.78, 5) is 12.4. The first kappa shape index (κ1) is 17.2. The third-order valence-electron chi connectivity index (χ3n) is 5.56. The van der Waals surface area contributed by atoms with Gasteiger partial charge in [0.15, 0.2) is 0 Å². The van der Waals surface area contributed by atoms with Crippen molar-refractivity contribution in [1.82, 2.24) is 10.5 Å². The Kier molecular flexibility index (Phi) is 4.45. The number of carbonyl (C=O) groups is 1. The second-order valence-corrected chi connectivity index (χ2v) is 7.82. The first-order valence-electron chi connectivity index (χ1n) is 9.93. The molecule has 2 unspecified atom stereocenters. The molecule has 28 heavy (non-hydrogen) atoms. The van der Waals surface area contributed by atoms with Crippen molar-refractivity contribution in [3.63, 3.8) is 0 Å². The Hall–Kier alpha value is -2.92. The largest absolute Gasteiger partial charge is 0.350 e. The minimum atomic E-state index is -0.294. The Balaban J connectivity index is 1.18. The molecule has 142 valence electrons. The second kappa shape index (κ2) is 7.24. The van der Waals surface area contributed by atoms with Gasteiger partial charge in [0.1, 0.15) is 5.69 Å². The highest BCUT2D eigenvalue weighted by Gasteiger charge is 2.38. The van der Waals surface area contributed by atoms with Gasteiger partial charge in [-0.05, 0) is 49.4 Å². The molecule has 0 bridgehead atoms. The topological polar surface area (TPSA) is 67.2 Å². The highest BCUT2D eigenvalue weighted by molar-refractivity contribution is 6.02. The van der Waals surface area contributed by atoms with Gasteiger partial charge in [-0.1, -0.05) is 47.6 Å². The fourth-order valence-electron chi connectivity index (χ4n) is 3.56. The molecular formula is C23H23N3O2. The van der Waals surface area contributed by atoms with Crippen LogP contribution in [0.1, 0.15) is 41.3 Å². The van der Waals surface area contributed by atoms with E-state index in [4.69, 9.17) is 4.52 Å². The van der Waals surface area contributed by atoms with Crippen molar-refractivity contribution in [2.24, 2.45) is 5.92 Å². The van der Waals surface area contributed by atoms with Crippen LogP contribution in [0.25, 0.3) is 11.3 Å². The molecule has 2 fully saturated rings. The molecule has 1 aromatic heterocycles. The molecule has 0 spiro atoms. The predicted octanol–water partition coefficient (Wildman–Crippen LogP) is 4.45. The van der Waals surface area contributed by atoms with Gasteiger partial charge in [-0.25, -0.2) is 0 Å². The lowest BCUT2D eigenvalue weighted by Gasteiger charge is -2.06. The Labute approximate surface area is 164 Å². The van der Waals surface area contributed by atoms with Crippen molar-refractivity contribution in [2.45, 2.75) is 31.2 Å². The van der Waals surface area contributed by atoms with Crippen LogP contribution < -0.4 is 10.6 Å². The maximum atomic E-state index is 12.4. The molecule has 5 rings (SSSR count). The summed E-state index contributed by atoms with van der Waals surface area (Å²) in [5, 5.41) is 10.5. The van der Waals surface area contributed by atoms with E-state index in [9.17, 15) is 4.79 Å². The summed E-state index contributed by atoms with van der Waals surface area (Å²) < 4.78 is 5.22. The molecule has 3 aromatic rings. The van der Waals surface area contributed by atoms with Crippen LogP contribution in [0.15, 0.2) is 65.2 Å². The van der Waals surface area contributed by atoms with E-state index in [2.05, 4.69) is 27.9 Å². The molecule has 5 nitrogen and oxygen atoms in total. The van der Waals surface area contributed by atoms with E-state index in [1.54, 1.807) is 6.07 Å².